The Balaban J connectivity index is 2.70. The van der Waals surface area contributed by atoms with E-state index in [0.717, 1.165) is 5.01 Å². The largest absolute Gasteiger partial charge is 0.448 e. The molecule has 2 amide bonds. The number of halogens is 2. The molecule has 0 atom stereocenters. The van der Waals surface area contributed by atoms with Crippen LogP contribution in [0.25, 0.3) is 0 Å². The van der Waals surface area contributed by atoms with Crippen LogP contribution in [0.3, 0.4) is 0 Å². The molecule has 104 valence electrons. The summed E-state index contributed by atoms with van der Waals surface area (Å²) < 4.78 is 4.84. The first-order valence-electron chi connectivity index (χ1n) is 5.65. The summed E-state index contributed by atoms with van der Waals surface area (Å²) in [5, 5.41) is 2.18. The number of carbonyl (C=O) groups is 2. The minimum atomic E-state index is -0.593. The van der Waals surface area contributed by atoms with Crippen molar-refractivity contribution in [3.63, 3.8) is 0 Å². The summed E-state index contributed by atoms with van der Waals surface area (Å²) in [6.07, 6.45) is -0.593. The Labute approximate surface area is 125 Å². The summed E-state index contributed by atoms with van der Waals surface area (Å²) in [6.45, 7) is 2.25. The fourth-order valence-corrected chi connectivity index (χ4v) is 1.75. The summed E-state index contributed by atoms with van der Waals surface area (Å²) in [6, 6.07) is 6.37. The zero-order valence-electron chi connectivity index (χ0n) is 10.4. The topological polar surface area (TPSA) is 58.6 Å². The normalized spacial score (nSPS) is 9.84. The van der Waals surface area contributed by atoms with Crippen LogP contribution in [0.15, 0.2) is 24.3 Å². The summed E-state index contributed by atoms with van der Waals surface area (Å²) in [5.41, 5.74) is 2.90. The van der Waals surface area contributed by atoms with Gasteiger partial charge in [-0.3, -0.25) is 10.2 Å². The number of benzene rings is 1. The lowest BCUT2D eigenvalue weighted by Crippen LogP contribution is -2.47. The number of hydrogen-bond acceptors (Lipinski definition) is 3. The number of ether oxygens (including phenoxy) is 1. The number of hydrogen-bond donors (Lipinski definition) is 1. The number of nitrogens with one attached hydrogen (secondary N) is 1. The average molecular weight is 350 g/mol. The molecule has 1 aromatic rings. The fourth-order valence-electron chi connectivity index (χ4n) is 1.27. The van der Waals surface area contributed by atoms with Crippen molar-refractivity contribution < 1.29 is 14.3 Å². The van der Waals surface area contributed by atoms with Crippen LogP contribution in [0.4, 0.5) is 4.79 Å². The first-order chi connectivity index (χ1) is 9.08. The quantitative estimate of drug-likeness (QED) is 0.672. The standard InChI is InChI=1S/C12H14BrClN2O3/c1-2-19-12(18)16(8-7-13)15-11(17)9-3-5-10(14)6-4-9/h3-6H,2,7-8H2,1H3,(H,15,17). The van der Waals surface area contributed by atoms with Crippen molar-refractivity contribution in [2.24, 2.45) is 0 Å². The predicted octanol–water partition coefficient (Wildman–Crippen LogP) is 2.84. The van der Waals surface area contributed by atoms with Crippen molar-refractivity contribution in [2.45, 2.75) is 6.92 Å². The van der Waals surface area contributed by atoms with Gasteiger partial charge >= 0.3 is 6.09 Å². The van der Waals surface area contributed by atoms with Crippen molar-refractivity contribution >= 4 is 39.5 Å². The molecule has 0 radical (unpaired) electrons. The van der Waals surface area contributed by atoms with E-state index in [1.165, 1.54) is 0 Å². The van der Waals surface area contributed by atoms with Gasteiger partial charge in [0.1, 0.15) is 0 Å². The molecule has 0 heterocycles. The van der Waals surface area contributed by atoms with Crippen LogP contribution in [0.5, 0.6) is 0 Å². The first kappa shape index (κ1) is 15.8. The highest BCUT2D eigenvalue weighted by Gasteiger charge is 2.17. The molecule has 0 aromatic heterocycles. The minimum absolute atomic E-state index is 0.244. The van der Waals surface area contributed by atoms with Crippen LogP contribution < -0.4 is 5.43 Å². The van der Waals surface area contributed by atoms with Crippen LogP contribution in [-0.2, 0) is 4.74 Å². The maximum Gasteiger partial charge on any atom is 0.428 e. The molecule has 19 heavy (non-hydrogen) atoms. The van der Waals surface area contributed by atoms with Crippen molar-refractivity contribution in [1.82, 2.24) is 10.4 Å². The Kier molecular flexibility index (Phi) is 6.66. The monoisotopic (exact) mass is 348 g/mol. The van der Waals surface area contributed by atoms with E-state index >= 15 is 0 Å². The van der Waals surface area contributed by atoms with Crippen molar-refractivity contribution in [3.8, 4) is 0 Å². The van der Waals surface area contributed by atoms with E-state index in [-0.39, 0.29) is 6.61 Å². The van der Waals surface area contributed by atoms with Gasteiger partial charge < -0.3 is 4.74 Å². The molecule has 0 spiro atoms. The zero-order valence-corrected chi connectivity index (χ0v) is 12.7. The van der Waals surface area contributed by atoms with Crippen LogP contribution in [0.1, 0.15) is 17.3 Å². The lowest BCUT2D eigenvalue weighted by molar-refractivity contribution is 0.0676. The molecular formula is C12H14BrClN2O3. The first-order valence-corrected chi connectivity index (χ1v) is 7.15. The van der Waals surface area contributed by atoms with Gasteiger partial charge in [-0.15, -0.1) is 0 Å². The summed E-state index contributed by atoms with van der Waals surface area (Å²) in [4.78, 5) is 23.5. The fraction of sp³-hybridized carbons (Fsp3) is 0.333. The molecule has 0 saturated heterocycles. The summed E-state index contributed by atoms with van der Waals surface area (Å²) in [7, 11) is 0. The Bertz CT molecular complexity index is 439. The van der Waals surface area contributed by atoms with Gasteiger partial charge in [0.25, 0.3) is 5.91 Å². The molecule has 0 fully saturated rings. The van der Waals surface area contributed by atoms with Crippen molar-refractivity contribution in [3.05, 3.63) is 34.9 Å². The van der Waals surface area contributed by atoms with Gasteiger partial charge in [-0.25, -0.2) is 9.80 Å². The van der Waals surface area contributed by atoms with E-state index in [0.29, 0.717) is 22.5 Å². The Hall–Kier alpha value is -1.27. The smallest absolute Gasteiger partial charge is 0.428 e. The second-order valence-corrected chi connectivity index (χ2v) is 4.72. The van der Waals surface area contributed by atoms with Gasteiger partial charge in [0.2, 0.25) is 0 Å². The lowest BCUT2D eigenvalue weighted by Gasteiger charge is -2.21. The molecule has 0 bridgehead atoms. The number of hydrazine groups is 1. The van der Waals surface area contributed by atoms with Gasteiger partial charge in [0.05, 0.1) is 13.2 Å². The van der Waals surface area contributed by atoms with Gasteiger partial charge in [0, 0.05) is 15.9 Å². The number of carbonyl (C=O) groups excluding carboxylic acids is 2. The molecule has 0 unspecified atom stereocenters. The maximum absolute atomic E-state index is 11.9. The molecule has 0 aliphatic carbocycles. The summed E-state index contributed by atoms with van der Waals surface area (Å²) in [5.74, 6) is -0.398. The Morgan fingerprint density at radius 2 is 2.00 bits per heavy atom. The van der Waals surface area contributed by atoms with Gasteiger partial charge in [-0.2, -0.15) is 0 Å². The third-order valence-corrected chi connectivity index (χ3v) is 2.75. The van der Waals surface area contributed by atoms with E-state index in [1.54, 1.807) is 31.2 Å². The van der Waals surface area contributed by atoms with E-state index in [2.05, 4.69) is 21.4 Å². The van der Waals surface area contributed by atoms with Gasteiger partial charge in [-0.05, 0) is 31.2 Å². The minimum Gasteiger partial charge on any atom is -0.448 e. The highest BCUT2D eigenvalue weighted by Crippen LogP contribution is 2.09. The molecule has 1 aromatic carbocycles. The highest BCUT2D eigenvalue weighted by atomic mass is 79.9. The van der Waals surface area contributed by atoms with E-state index in [9.17, 15) is 9.59 Å². The van der Waals surface area contributed by atoms with E-state index < -0.39 is 12.0 Å². The van der Waals surface area contributed by atoms with Crippen LogP contribution in [0.2, 0.25) is 5.02 Å². The molecule has 0 aliphatic rings. The SMILES string of the molecule is CCOC(=O)N(CCBr)NC(=O)c1ccc(Cl)cc1. The molecular weight excluding hydrogens is 336 g/mol. The zero-order chi connectivity index (χ0) is 14.3. The van der Waals surface area contributed by atoms with Crippen molar-refractivity contribution in [2.75, 3.05) is 18.5 Å². The number of amides is 2. The van der Waals surface area contributed by atoms with E-state index in [1.807, 2.05) is 0 Å². The molecule has 7 heteroatoms. The molecule has 0 saturated carbocycles. The predicted molar refractivity (Wildman–Crippen MR) is 76.4 cm³/mol. The highest BCUT2D eigenvalue weighted by molar-refractivity contribution is 9.09. The third kappa shape index (κ3) is 5.08. The number of nitrogens with zero attached hydrogens (tertiary/aromatic N) is 1. The molecule has 5 nitrogen and oxygen atoms in total. The second kappa shape index (κ2) is 8.01. The number of alkyl halides is 1. The van der Waals surface area contributed by atoms with E-state index in [4.69, 9.17) is 16.3 Å². The van der Waals surface area contributed by atoms with Gasteiger partial charge in [0.15, 0.2) is 0 Å². The summed E-state index contributed by atoms with van der Waals surface area (Å²) >= 11 is 8.95. The average Bonchev–Trinajstić information content (AvgIpc) is 2.39. The Morgan fingerprint density at radius 3 is 2.53 bits per heavy atom. The maximum atomic E-state index is 11.9. The lowest BCUT2D eigenvalue weighted by atomic mass is 10.2. The van der Waals surface area contributed by atoms with Crippen LogP contribution in [-0.4, -0.2) is 35.5 Å². The van der Waals surface area contributed by atoms with Crippen LogP contribution in [0, 0.1) is 0 Å². The third-order valence-electron chi connectivity index (χ3n) is 2.14. The Morgan fingerprint density at radius 1 is 1.37 bits per heavy atom. The number of rotatable bonds is 4. The van der Waals surface area contributed by atoms with Crippen LogP contribution >= 0.6 is 27.5 Å². The van der Waals surface area contributed by atoms with Gasteiger partial charge in [-0.1, -0.05) is 27.5 Å². The molecule has 1 rings (SSSR count). The second-order valence-electron chi connectivity index (χ2n) is 3.49. The van der Waals surface area contributed by atoms with Crippen molar-refractivity contribution in [1.29, 1.82) is 0 Å². The molecule has 0 aliphatic heterocycles. The molecule has 1 N–H and O–H groups in total.